The van der Waals surface area contributed by atoms with E-state index in [0.29, 0.717) is 36.1 Å². The standard InChI is InChI=1S/C18H27NO4S2/c1-18(2,3)23-17(20)19-8-6-13(7-9-19)11-15-12-14-5-4-10-24-16(14)25(15,21)22/h4,10,13,15H,5-9,11-12H2,1-3H3. The zero-order valence-corrected chi connectivity index (χ0v) is 16.8. The molecule has 3 aliphatic rings. The molecule has 3 heterocycles. The summed E-state index contributed by atoms with van der Waals surface area (Å²) in [5.41, 5.74) is 0.603. The molecular formula is C18H27NO4S2. The maximum Gasteiger partial charge on any atom is 0.410 e. The van der Waals surface area contributed by atoms with Crippen LogP contribution in [0.5, 0.6) is 0 Å². The number of hydrogen-bond donors (Lipinski definition) is 0. The van der Waals surface area contributed by atoms with Gasteiger partial charge in [-0.2, -0.15) is 0 Å². The van der Waals surface area contributed by atoms with Crippen LogP contribution in [0.25, 0.3) is 0 Å². The molecule has 1 saturated heterocycles. The Balaban J connectivity index is 1.53. The minimum atomic E-state index is -3.16. The molecule has 0 aromatic rings. The Hall–Kier alpha value is -0.950. The van der Waals surface area contributed by atoms with Crippen molar-refractivity contribution in [1.82, 2.24) is 4.90 Å². The number of thioether (sulfide) groups is 1. The number of rotatable bonds is 2. The zero-order chi connectivity index (χ0) is 18.2. The lowest BCUT2D eigenvalue weighted by Gasteiger charge is -2.34. The van der Waals surface area contributed by atoms with Gasteiger partial charge >= 0.3 is 6.09 Å². The molecule has 0 radical (unpaired) electrons. The molecule has 7 heteroatoms. The molecule has 1 fully saturated rings. The van der Waals surface area contributed by atoms with E-state index in [-0.39, 0.29) is 11.3 Å². The molecule has 0 aromatic heterocycles. The molecule has 0 saturated carbocycles. The monoisotopic (exact) mass is 385 g/mol. The predicted molar refractivity (Wildman–Crippen MR) is 101 cm³/mol. The quantitative estimate of drug-likeness (QED) is 0.717. The third kappa shape index (κ3) is 4.25. The van der Waals surface area contributed by atoms with Crippen LogP contribution < -0.4 is 0 Å². The molecule has 3 aliphatic heterocycles. The number of likely N-dealkylation sites (tertiary alicyclic amines) is 1. The molecule has 0 spiro atoms. The van der Waals surface area contributed by atoms with Crippen LogP contribution in [0.4, 0.5) is 4.79 Å². The van der Waals surface area contributed by atoms with E-state index in [1.54, 1.807) is 4.90 Å². The van der Waals surface area contributed by atoms with E-state index in [0.717, 1.165) is 24.8 Å². The van der Waals surface area contributed by atoms with E-state index in [2.05, 4.69) is 0 Å². The molecule has 0 aromatic carbocycles. The summed E-state index contributed by atoms with van der Waals surface area (Å²) in [6.07, 6.45) is 5.64. The lowest BCUT2D eigenvalue weighted by Crippen LogP contribution is -2.42. The van der Waals surface area contributed by atoms with Crippen molar-refractivity contribution >= 4 is 27.7 Å². The molecule has 0 bridgehead atoms. The van der Waals surface area contributed by atoms with Crippen LogP contribution in [0, 0.1) is 5.92 Å². The average molecular weight is 386 g/mol. The fourth-order valence-corrected chi connectivity index (χ4v) is 7.28. The van der Waals surface area contributed by atoms with Crippen molar-refractivity contribution in [2.45, 2.75) is 63.7 Å². The number of sulfone groups is 1. The molecule has 1 amide bonds. The smallest absolute Gasteiger partial charge is 0.410 e. The first-order chi connectivity index (χ1) is 11.7. The number of amides is 1. The van der Waals surface area contributed by atoms with Crippen molar-refractivity contribution < 1.29 is 17.9 Å². The molecule has 1 atom stereocenters. The summed E-state index contributed by atoms with van der Waals surface area (Å²) in [5.74, 6) is 0.359. The molecule has 0 aliphatic carbocycles. The van der Waals surface area contributed by atoms with E-state index >= 15 is 0 Å². The highest BCUT2D eigenvalue weighted by atomic mass is 32.3. The van der Waals surface area contributed by atoms with Crippen molar-refractivity contribution in [2.24, 2.45) is 5.92 Å². The summed E-state index contributed by atoms with van der Waals surface area (Å²) >= 11 is 1.36. The molecule has 1 unspecified atom stereocenters. The van der Waals surface area contributed by atoms with Crippen molar-refractivity contribution in [1.29, 1.82) is 0 Å². The van der Waals surface area contributed by atoms with Crippen LogP contribution in [0.1, 0.15) is 52.9 Å². The van der Waals surface area contributed by atoms with Crippen LogP contribution in [0.15, 0.2) is 21.3 Å². The zero-order valence-electron chi connectivity index (χ0n) is 15.2. The summed E-state index contributed by atoms with van der Waals surface area (Å²) in [5, 5.41) is 1.61. The Morgan fingerprint density at radius 2 is 2.00 bits per heavy atom. The number of carbonyl (C=O) groups is 1. The van der Waals surface area contributed by atoms with E-state index in [1.807, 2.05) is 32.3 Å². The molecule has 0 N–H and O–H groups in total. The van der Waals surface area contributed by atoms with Gasteiger partial charge in [0.1, 0.15) is 9.84 Å². The number of piperidine rings is 1. The second-order valence-electron chi connectivity index (χ2n) is 8.10. The van der Waals surface area contributed by atoms with Gasteiger partial charge in [0.25, 0.3) is 0 Å². The van der Waals surface area contributed by atoms with E-state index in [9.17, 15) is 13.2 Å². The second kappa shape index (κ2) is 6.99. The number of allylic oxidation sites excluding steroid dienone is 2. The van der Waals surface area contributed by atoms with Gasteiger partial charge in [0, 0.05) is 13.1 Å². The third-order valence-corrected chi connectivity index (χ3v) is 8.82. The van der Waals surface area contributed by atoms with Crippen molar-refractivity contribution in [3.8, 4) is 0 Å². The highest BCUT2D eigenvalue weighted by Gasteiger charge is 2.41. The van der Waals surface area contributed by atoms with Crippen LogP contribution in [0.3, 0.4) is 0 Å². The Morgan fingerprint density at radius 3 is 2.60 bits per heavy atom. The molecule has 25 heavy (non-hydrogen) atoms. The SMILES string of the molecule is CC(C)(C)OC(=O)N1CCC(CC2CC3=C(SC=CC3)S2(=O)=O)CC1. The van der Waals surface area contributed by atoms with Crippen molar-refractivity contribution in [3.05, 3.63) is 21.3 Å². The van der Waals surface area contributed by atoms with Gasteiger partial charge in [-0.25, -0.2) is 13.2 Å². The first-order valence-corrected chi connectivity index (χ1v) is 11.3. The Bertz CT molecular complexity index is 695. The first-order valence-electron chi connectivity index (χ1n) is 8.92. The summed E-state index contributed by atoms with van der Waals surface area (Å²) < 4.78 is 31.5. The summed E-state index contributed by atoms with van der Waals surface area (Å²) in [4.78, 5) is 13.9. The number of ether oxygens (including phenoxy) is 1. The van der Waals surface area contributed by atoms with Gasteiger partial charge in [0.15, 0.2) is 9.84 Å². The molecule has 5 nitrogen and oxygen atoms in total. The van der Waals surface area contributed by atoms with Crippen LogP contribution in [-0.2, 0) is 14.6 Å². The minimum absolute atomic E-state index is 0.265. The lowest BCUT2D eigenvalue weighted by atomic mass is 9.90. The van der Waals surface area contributed by atoms with Crippen LogP contribution in [-0.4, -0.2) is 43.4 Å². The molecule has 140 valence electrons. The molecule has 3 rings (SSSR count). The Labute approximate surface area is 154 Å². The summed E-state index contributed by atoms with van der Waals surface area (Å²) in [6, 6.07) is 0. The second-order valence-corrected chi connectivity index (χ2v) is 11.4. The third-order valence-electron chi connectivity index (χ3n) is 4.96. The number of hydrogen-bond acceptors (Lipinski definition) is 5. The predicted octanol–water partition coefficient (Wildman–Crippen LogP) is 4.07. The molecular weight excluding hydrogens is 358 g/mol. The number of nitrogens with zero attached hydrogens (tertiary/aromatic N) is 1. The maximum atomic E-state index is 12.7. The summed E-state index contributed by atoms with van der Waals surface area (Å²) in [6.45, 7) is 6.89. The first kappa shape index (κ1) is 18.8. The van der Waals surface area contributed by atoms with Crippen LogP contribution >= 0.6 is 11.8 Å². The fourth-order valence-electron chi connectivity index (χ4n) is 3.70. The summed E-state index contributed by atoms with van der Waals surface area (Å²) in [7, 11) is -3.16. The van der Waals surface area contributed by atoms with Gasteiger partial charge in [-0.05, 0) is 69.8 Å². The Kier molecular flexibility index (Phi) is 5.26. The average Bonchev–Trinajstić information content (AvgIpc) is 2.78. The highest BCUT2D eigenvalue weighted by Crippen LogP contribution is 2.45. The Morgan fingerprint density at radius 1 is 1.32 bits per heavy atom. The van der Waals surface area contributed by atoms with Gasteiger partial charge in [-0.1, -0.05) is 17.8 Å². The minimum Gasteiger partial charge on any atom is -0.444 e. The highest BCUT2D eigenvalue weighted by molar-refractivity contribution is 8.20. The topological polar surface area (TPSA) is 63.7 Å². The largest absolute Gasteiger partial charge is 0.444 e. The van der Waals surface area contributed by atoms with Crippen molar-refractivity contribution in [2.75, 3.05) is 13.1 Å². The van der Waals surface area contributed by atoms with Crippen LogP contribution in [0.2, 0.25) is 0 Å². The number of carbonyl (C=O) groups excluding carboxylic acids is 1. The van der Waals surface area contributed by atoms with E-state index in [1.165, 1.54) is 11.8 Å². The van der Waals surface area contributed by atoms with Gasteiger partial charge < -0.3 is 9.64 Å². The van der Waals surface area contributed by atoms with Gasteiger partial charge in [0.2, 0.25) is 0 Å². The van der Waals surface area contributed by atoms with Gasteiger partial charge in [0.05, 0.1) is 5.25 Å². The normalized spacial score (nSPS) is 26.7. The lowest BCUT2D eigenvalue weighted by molar-refractivity contribution is 0.0181. The van der Waals surface area contributed by atoms with E-state index in [4.69, 9.17) is 4.74 Å². The van der Waals surface area contributed by atoms with Gasteiger partial charge in [-0.15, -0.1) is 0 Å². The maximum absolute atomic E-state index is 12.7. The van der Waals surface area contributed by atoms with Gasteiger partial charge in [-0.3, -0.25) is 0 Å². The van der Waals surface area contributed by atoms with Crippen molar-refractivity contribution in [3.63, 3.8) is 0 Å². The fraction of sp³-hybridized carbons (Fsp3) is 0.722. The van der Waals surface area contributed by atoms with E-state index < -0.39 is 15.4 Å².